The van der Waals surface area contributed by atoms with E-state index in [1.165, 1.54) is 11.0 Å². The molecule has 3 aliphatic rings. The van der Waals surface area contributed by atoms with Gasteiger partial charge in [0.15, 0.2) is 5.82 Å². The molecule has 3 aromatic rings. The number of anilines is 1. The summed E-state index contributed by atoms with van der Waals surface area (Å²) in [4.78, 5) is 43.5. The fraction of sp³-hybridized carbons (Fsp3) is 0.344. The van der Waals surface area contributed by atoms with Crippen LogP contribution in [0.3, 0.4) is 0 Å². The lowest BCUT2D eigenvalue weighted by Crippen LogP contribution is -2.57. The summed E-state index contributed by atoms with van der Waals surface area (Å²) < 4.78 is 22.8. The first-order chi connectivity index (χ1) is 21.0. The fourth-order valence-corrected chi connectivity index (χ4v) is 7.33. The van der Waals surface area contributed by atoms with E-state index >= 15 is 4.39 Å². The molecule has 12 heteroatoms. The highest BCUT2D eigenvalue weighted by Crippen LogP contribution is 2.59. The molecular weight excluding hydrogens is 630 g/mol. The van der Waals surface area contributed by atoms with Crippen molar-refractivity contribution in [2.24, 2.45) is 0 Å². The molecule has 2 N–H and O–H groups in total. The van der Waals surface area contributed by atoms with Crippen molar-refractivity contribution < 1.29 is 23.5 Å². The summed E-state index contributed by atoms with van der Waals surface area (Å²) >= 11 is 19.1. The number of carbonyl (C=O) groups excluding carboxylic acids is 3. The van der Waals surface area contributed by atoms with E-state index in [4.69, 9.17) is 39.5 Å². The van der Waals surface area contributed by atoms with Gasteiger partial charge in [0.2, 0.25) is 11.8 Å². The van der Waals surface area contributed by atoms with Crippen LogP contribution in [0.2, 0.25) is 15.1 Å². The number of carbonyl (C=O) groups is 3. The molecule has 8 nitrogen and oxygen atoms in total. The lowest BCUT2D eigenvalue weighted by atomic mass is 9.59. The monoisotopic (exact) mass is 658 g/mol. The zero-order valence-corrected chi connectivity index (χ0v) is 26.3. The third-order valence-electron chi connectivity index (χ3n) is 8.77. The van der Waals surface area contributed by atoms with Crippen molar-refractivity contribution in [1.82, 2.24) is 15.1 Å². The van der Waals surface area contributed by atoms with E-state index in [-0.39, 0.29) is 40.8 Å². The number of hydrogen-bond donors (Lipinski definition) is 2. The standard InChI is InChI=1S/C32H30Cl3FN4O4/c1-39(2)31(43)40-12-10-20(11-13-40)44-25-9-8-23(35)28(36)27(25)29-32(21-7-6-19(34)15-24(21)37-30(32)42)22(16-26(41)38-29)17-4-3-5-18(33)14-17/h3-9,14-15,20,22,29H,10-13,16H2,1-2H3,(H,37,42)(H,38,41)/t22-,29-,32-/m0/s1. The van der Waals surface area contributed by atoms with Gasteiger partial charge >= 0.3 is 6.03 Å². The first kappa shape index (κ1) is 30.5. The molecule has 230 valence electrons. The Bertz CT molecular complexity index is 1660. The number of piperidine rings is 2. The van der Waals surface area contributed by atoms with Gasteiger partial charge in [0.1, 0.15) is 17.3 Å². The van der Waals surface area contributed by atoms with Gasteiger partial charge in [-0.05, 0) is 47.5 Å². The second kappa shape index (κ2) is 11.8. The highest BCUT2D eigenvalue weighted by atomic mass is 35.5. The second-order valence-corrected chi connectivity index (χ2v) is 12.9. The molecule has 0 saturated carbocycles. The SMILES string of the molecule is CN(C)C(=O)N1CCC(Oc2ccc(Cl)c(F)c2[C@@H]2NC(=O)C[C@@H](c3cccc(Cl)c3)[C@]23C(=O)Nc2cc(Cl)ccc23)CC1. The van der Waals surface area contributed by atoms with Crippen LogP contribution in [0.4, 0.5) is 14.9 Å². The van der Waals surface area contributed by atoms with Crippen molar-refractivity contribution in [3.05, 3.63) is 92.2 Å². The highest BCUT2D eigenvalue weighted by molar-refractivity contribution is 6.31. The largest absolute Gasteiger partial charge is 0.490 e. The van der Waals surface area contributed by atoms with Crippen molar-refractivity contribution in [2.45, 2.75) is 42.7 Å². The molecule has 0 radical (unpaired) electrons. The minimum Gasteiger partial charge on any atom is -0.490 e. The van der Waals surface area contributed by atoms with Gasteiger partial charge in [-0.3, -0.25) is 9.59 Å². The van der Waals surface area contributed by atoms with Crippen LogP contribution < -0.4 is 15.4 Å². The predicted octanol–water partition coefficient (Wildman–Crippen LogP) is 6.55. The number of halogens is 4. The molecule has 1 spiro atoms. The number of benzene rings is 3. The van der Waals surface area contributed by atoms with Gasteiger partial charge in [0.05, 0.1) is 16.6 Å². The third-order valence-corrected chi connectivity index (χ3v) is 9.53. The van der Waals surface area contributed by atoms with Crippen LogP contribution in [0, 0.1) is 5.82 Å². The topological polar surface area (TPSA) is 91.0 Å². The molecule has 2 saturated heterocycles. The Hall–Kier alpha value is -3.53. The van der Waals surface area contributed by atoms with Gasteiger partial charge in [-0.25, -0.2) is 9.18 Å². The minimum absolute atomic E-state index is 0.0256. The Morgan fingerprint density at radius 2 is 1.75 bits per heavy atom. The van der Waals surface area contributed by atoms with Crippen LogP contribution >= 0.6 is 34.8 Å². The van der Waals surface area contributed by atoms with Gasteiger partial charge < -0.3 is 25.2 Å². The van der Waals surface area contributed by atoms with Gasteiger partial charge in [-0.1, -0.05) is 53.0 Å². The van der Waals surface area contributed by atoms with Crippen LogP contribution in [0.25, 0.3) is 0 Å². The van der Waals surface area contributed by atoms with Crippen LogP contribution in [0.1, 0.15) is 47.9 Å². The molecule has 0 aromatic heterocycles. The van der Waals surface area contributed by atoms with E-state index in [0.717, 1.165) is 0 Å². The second-order valence-electron chi connectivity index (χ2n) is 11.6. The Balaban J connectivity index is 1.48. The van der Waals surface area contributed by atoms with E-state index in [9.17, 15) is 14.4 Å². The summed E-state index contributed by atoms with van der Waals surface area (Å²) in [6.45, 7) is 0.926. The summed E-state index contributed by atoms with van der Waals surface area (Å²) in [5.74, 6) is -2.16. The summed E-state index contributed by atoms with van der Waals surface area (Å²) in [5.41, 5.74) is 0.144. The maximum atomic E-state index is 16.4. The first-order valence-electron chi connectivity index (χ1n) is 14.3. The van der Waals surface area contributed by atoms with Crippen molar-refractivity contribution in [3.8, 4) is 5.75 Å². The van der Waals surface area contributed by atoms with Gasteiger partial charge in [0.25, 0.3) is 0 Å². The molecule has 0 aliphatic carbocycles. The summed E-state index contributed by atoms with van der Waals surface area (Å²) in [6, 6.07) is 13.7. The zero-order valence-electron chi connectivity index (χ0n) is 24.0. The number of urea groups is 1. The summed E-state index contributed by atoms with van der Waals surface area (Å²) in [5, 5.41) is 6.55. The van der Waals surface area contributed by atoms with E-state index in [1.54, 1.807) is 61.5 Å². The molecular formula is C32H30Cl3FN4O4. The fourth-order valence-electron chi connectivity index (χ4n) is 6.79. The Morgan fingerprint density at radius 1 is 1.02 bits per heavy atom. The van der Waals surface area contributed by atoms with Gasteiger partial charge in [0, 0.05) is 68.1 Å². The zero-order chi connectivity index (χ0) is 31.3. The van der Waals surface area contributed by atoms with E-state index < -0.39 is 29.1 Å². The van der Waals surface area contributed by atoms with Crippen molar-refractivity contribution in [2.75, 3.05) is 32.5 Å². The Kier molecular flexibility index (Phi) is 8.15. The smallest absolute Gasteiger partial charge is 0.319 e. The summed E-state index contributed by atoms with van der Waals surface area (Å²) in [6.07, 6.45) is 0.628. The van der Waals surface area contributed by atoms with E-state index in [0.29, 0.717) is 52.8 Å². The van der Waals surface area contributed by atoms with Crippen LogP contribution in [-0.2, 0) is 15.0 Å². The maximum absolute atomic E-state index is 16.4. The number of amides is 4. The molecule has 44 heavy (non-hydrogen) atoms. The maximum Gasteiger partial charge on any atom is 0.319 e. The number of fused-ring (bicyclic) bond motifs is 2. The van der Waals surface area contributed by atoms with Crippen molar-refractivity contribution >= 4 is 58.3 Å². The lowest BCUT2D eigenvalue weighted by molar-refractivity contribution is -0.131. The average molecular weight is 660 g/mol. The molecule has 6 rings (SSSR count). The highest BCUT2D eigenvalue weighted by Gasteiger charge is 2.62. The van der Waals surface area contributed by atoms with Crippen molar-refractivity contribution in [1.29, 1.82) is 0 Å². The lowest BCUT2D eigenvalue weighted by Gasteiger charge is -2.47. The molecule has 3 atom stereocenters. The third kappa shape index (κ3) is 5.14. The number of likely N-dealkylation sites (tertiary alicyclic amines) is 1. The van der Waals surface area contributed by atoms with E-state index in [1.807, 2.05) is 6.07 Å². The normalized spacial score (nSPS) is 23.3. The molecule has 2 fully saturated rings. The Morgan fingerprint density at radius 3 is 2.45 bits per heavy atom. The van der Waals surface area contributed by atoms with Crippen molar-refractivity contribution in [3.63, 3.8) is 0 Å². The number of nitrogens with zero attached hydrogens (tertiary/aromatic N) is 2. The molecule has 0 bridgehead atoms. The van der Waals surface area contributed by atoms with E-state index in [2.05, 4.69) is 10.6 Å². The minimum atomic E-state index is -1.51. The number of ether oxygens (including phenoxy) is 1. The van der Waals surface area contributed by atoms with Crippen LogP contribution in [-0.4, -0.2) is 60.9 Å². The Labute approximate surface area is 269 Å². The number of hydrogen-bond acceptors (Lipinski definition) is 4. The van der Waals surface area contributed by atoms with Gasteiger partial charge in [-0.15, -0.1) is 0 Å². The molecule has 3 aromatic carbocycles. The summed E-state index contributed by atoms with van der Waals surface area (Å²) in [7, 11) is 3.40. The molecule has 0 unspecified atom stereocenters. The predicted molar refractivity (Wildman–Crippen MR) is 167 cm³/mol. The molecule has 3 heterocycles. The quantitative estimate of drug-likeness (QED) is 0.333. The first-order valence-corrected chi connectivity index (χ1v) is 15.4. The molecule has 4 amide bonds. The molecule has 3 aliphatic heterocycles. The van der Waals surface area contributed by atoms with Gasteiger partial charge in [-0.2, -0.15) is 0 Å². The number of nitrogens with one attached hydrogen (secondary N) is 2. The van der Waals surface area contributed by atoms with Crippen LogP contribution in [0.5, 0.6) is 5.75 Å². The average Bonchev–Trinajstić information content (AvgIpc) is 3.27. The van der Waals surface area contributed by atoms with Crippen LogP contribution in [0.15, 0.2) is 54.6 Å². The number of rotatable bonds is 4.